The summed E-state index contributed by atoms with van der Waals surface area (Å²) in [6.45, 7) is 9.87. The normalized spacial score (nSPS) is 11.7. The molecular weight excluding hydrogens is 338 g/mol. The van der Waals surface area contributed by atoms with Crippen molar-refractivity contribution in [1.82, 2.24) is 0 Å². The summed E-state index contributed by atoms with van der Waals surface area (Å²) in [6, 6.07) is 9.91. The Morgan fingerprint density at radius 3 is 2.56 bits per heavy atom. The first-order valence-corrected chi connectivity index (χ1v) is 8.94. The first-order chi connectivity index (χ1) is 12.8. The molecule has 0 fully saturated rings. The Kier molecular flexibility index (Phi) is 5.08. The van der Waals surface area contributed by atoms with Gasteiger partial charge < -0.3 is 14.5 Å². The molecule has 2 aromatic carbocycles. The highest BCUT2D eigenvalue weighted by molar-refractivity contribution is 6.05. The van der Waals surface area contributed by atoms with Crippen molar-refractivity contribution in [2.45, 2.75) is 34.6 Å². The number of allylic oxidation sites excluding steroid dienone is 1. The van der Waals surface area contributed by atoms with E-state index >= 15 is 0 Å². The maximum absolute atomic E-state index is 12.5. The van der Waals surface area contributed by atoms with E-state index < -0.39 is 0 Å². The zero-order valence-corrected chi connectivity index (χ0v) is 16.7. The summed E-state index contributed by atoms with van der Waals surface area (Å²) >= 11 is 0. The number of furan rings is 1. The number of hydrogen-bond donors (Lipinski definition) is 1. The number of ether oxygens (including phenoxy) is 1. The molecule has 0 radical (unpaired) electrons. The van der Waals surface area contributed by atoms with Crippen molar-refractivity contribution in [3.8, 4) is 5.75 Å². The van der Waals surface area contributed by atoms with E-state index in [1.807, 2.05) is 65.0 Å². The topological polar surface area (TPSA) is 51.5 Å². The second-order valence-corrected chi connectivity index (χ2v) is 6.97. The third kappa shape index (κ3) is 3.75. The van der Waals surface area contributed by atoms with Crippen LogP contribution >= 0.6 is 0 Å². The van der Waals surface area contributed by atoms with Gasteiger partial charge in [0.15, 0.2) is 0 Å². The van der Waals surface area contributed by atoms with Gasteiger partial charge in [-0.2, -0.15) is 0 Å². The van der Waals surface area contributed by atoms with Crippen molar-refractivity contribution in [3.05, 3.63) is 64.4 Å². The van der Waals surface area contributed by atoms with Crippen LogP contribution in [0.3, 0.4) is 0 Å². The van der Waals surface area contributed by atoms with Gasteiger partial charge in [0, 0.05) is 28.8 Å². The van der Waals surface area contributed by atoms with E-state index in [9.17, 15) is 4.79 Å². The quantitative estimate of drug-likeness (QED) is 0.603. The van der Waals surface area contributed by atoms with Crippen molar-refractivity contribution < 1.29 is 13.9 Å². The molecule has 3 rings (SSSR count). The van der Waals surface area contributed by atoms with E-state index in [1.165, 1.54) is 0 Å². The largest absolute Gasteiger partial charge is 0.496 e. The smallest absolute Gasteiger partial charge is 0.248 e. The SMILES string of the molecule is COc1cc2oc(C)c(C)c2cc1/C(C)=C/C(=O)Nc1cc(C)ccc1C. The molecular formula is C23H25NO3. The zero-order valence-electron chi connectivity index (χ0n) is 16.7. The van der Waals surface area contributed by atoms with Crippen LogP contribution in [0.1, 0.15) is 34.9 Å². The third-order valence-electron chi connectivity index (χ3n) is 4.92. The number of fused-ring (bicyclic) bond motifs is 1. The molecule has 4 heteroatoms. The molecule has 0 spiro atoms. The number of hydrogen-bond acceptors (Lipinski definition) is 3. The lowest BCUT2D eigenvalue weighted by atomic mass is 10.0. The minimum atomic E-state index is -0.163. The molecule has 1 N–H and O–H groups in total. The van der Waals surface area contributed by atoms with Crippen LogP contribution in [0.2, 0.25) is 0 Å². The average Bonchev–Trinajstić information content (AvgIpc) is 2.90. The number of carbonyl (C=O) groups is 1. The Labute approximate surface area is 159 Å². The zero-order chi connectivity index (χ0) is 19.7. The van der Waals surface area contributed by atoms with Crippen molar-refractivity contribution in [2.24, 2.45) is 0 Å². The molecule has 0 aliphatic carbocycles. The molecule has 0 aliphatic rings. The van der Waals surface area contributed by atoms with Crippen LogP contribution < -0.4 is 10.1 Å². The van der Waals surface area contributed by atoms with Crippen LogP contribution in [0.15, 0.2) is 40.8 Å². The summed E-state index contributed by atoms with van der Waals surface area (Å²) in [6.07, 6.45) is 1.60. The minimum Gasteiger partial charge on any atom is -0.496 e. The molecule has 0 bridgehead atoms. The van der Waals surface area contributed by atoms with Gasteiger partial charge in [-0.25, -0.2) is 0 Å². The van der Waals surface area contributed by atoms with Crippen LogP contribution in [-0.2, 0) is 4.79 Å². The van der Waals surface area contributed by atoms with Crippen molar-refractivity contribution in [3.63, 3.8) is 0 Å². The Hall–Kier alpha value is -3.01. The fourth-order valence-electron chi connectivity index (χ4n) is 3.16. The second kappa shape index (κ2) is 7.31. The maximum Gasteiger partial charge on any atom is 0.248 e. The molecule has 1 heterocycles. The van der Waals surface area contributed by atoms with E-state index in [1.54, 1.807) is 13.2 Å². The Morgan fingerprint density at radius 2 is 1.85 bits per heavy atom. The lowest BCUT2D eigenvalue weighted by molar-refractivity contribution is -0.111. The molecule has 1 aromatic heterocycles. The molecule has 0 atom stereocenters. The van der Waals surface area contributed by atoms with Crippen molar-refractivity contribution in [2.75, 3.05) is 12.4 Å². The van der Waals surface area contributed by atoms with Gasteiger partial charge in [0.05, 0.1) is 7.11 Å². The summed E-state index contributed by atoms with van der Waals surface area (Å²) in [5.41, 5.74) is 6.56. The molecule has 0 unspecified atom stereocenters. The van der Waals surface area contributed by atoms with Crippen molar-refractivity contribution in [1.29, 1.82) is 0 Å². The molecule has 0 saturated heterocycles. The monoisotopic (exact) mass is 363 g/mol. The number of aryl methyl sites for hydroxylation is 4. The fourth-order valence-corrected chi connectivity index (χ4v) is 3.16. The molecule has 1 amide bonds. The van der Waals surface area contributed by atoms with E-state index in [2.05, 4.69) is 5.32 Å². The Balaban J connectivity index is 1.96. The Bertz CT molecular complexity index is 1060. The van der Waals surface area contributed by atoms with Gasteiger partial charge in [0.1, 0.15) is 17.1 Å². The highest BCUT2D eigenvalue weighted by atomic mass is 16.5. The first kappa shape index (κ1) is 18.8. The van der Waals surface area contributed by atoms with E-state index in [4.69, 9.17) is 9.15 Å². The summed E-state index contributed by atoms with van der Waals surface area (Å²) in [7, 11) is 1.62. The number of methoxy groups -OCH3 is 1. The predicted octanol–water partition coefficient (Wildman–Crippen LogP) is 5.72. The second-order valence-electron chi connectivity index (χ2n) is 6.97. The van der Waals surface area contributed by atoms with Gasteiger partial charge in [-0.3, -0.25) is 4.79 Å². The summed E-state index contributed by atoms with van der Waals surface area (Å²) < 4.78 is 11.3. The lowest BCUT2D eigenvalue weighted by Gasteiger charge is -2.11. The van der Waals surface area contributed by atoms with Gasteiger partial charge >= 0.3 is 0 Å². The number of nitrogens with one attached hydrogen (secondary N) is 1. The highest BCUT2D eigenvalue weighted by Gasteiger charge is 2.14. The maximum atomic E-state index is 12.5. The number of amides is 1. The van der Waals surface area contributed by atoms with Gasteiger partial charge in [-0.1, -0.05) is 12.1 Å². The summed E-state index contributed by atoms with van der Waals surface area (Å²) in [5.74, 6) is 1.41. The molecule has 0 saturated carbocycles. The van der Waals surface area contributed by atoms with E-state index in [0.29, 0.717) is 5.75 Å². The number of carbonyl (C=O) groups excluding carboxylic acids is 1. The van der Waals surface area contributed by atoms with E-state index in [0.717, 1.165) is 50.2 Å². The first-order valence-electron chi connectivity index (χ1n) is 8.94. The summed E-state index contributed by atoms with van der Waals surface area (Å²) in [4.78, 5) is 12.5. The number of rotatable bonds is 4. The molecule has 4 nitrogen and oxygen atoms in total. The van der Waals surface area contributed by atoms with Gasteiger partial charge in [0.25, 0.3) is 0 Å². The molecule has 0 aliphatic heterocycles. The average molecular weight is 363 g/mol. The van der Waals surface area contributed by atoms with Gasteiger partial charge in [-0.05, 0) is 69.0 Å². The van der Waals surface area contributed by atoms with E-state index in [-0.39, 0.29) is 5.91 Å². The minimum absolute atomic E-state index is 0.163. The van der Waals surface area contributed by atoms with Crippen LogP contribution in [0, 0.1) is 27.7 Å². The summed E-state index contributed by atoms with van der Waals surface area (Å²) in [5, 5.41) is 4.00. The van der Waals surface area contributed by atoms with Crippen LogP contribution in [0.5, 0.6) is 5.75 Å². The number of benzene rings is 2. The fraction of sp³-hybridized carbons (Fsp3) is 0.261. The third-order valence-corrected chi connectivity index (χ3v) is 4.92. The van der Waals surface area contributed by atoms with Crippen LogP contribution in [0.25, 0.3) is 16.5 Å². The van der Waals surface area contributed by atoms with Gasteiger partial charge in [-0.15, -0.1) is 0 Å². The number of anilines is 1. The van der Waals surface area contributed by atoms with Gasteiger partial charge in [0.2, 0.25) is 5.91 Å². The lowest BCUT2D eigenvalue weighted by Crippen LogP contribution is -2.10. The highest BCUT2D eigenvalue weighted by Crippen LogP contribution is 2.34. The van der Waals surface area contributed by atoms with Crippen molar-refractivity contribution >= 4 is 28.1 Å². The molecule has 140 valence electrons. The standard InChI is InChI=1S/C23H25NO3/c1-13-7-8-14(2)20(9-13)24-23(25)10-15(3)18-11-19-16(4)17(5)27-22(19)12-21(18)26-6/h7-12H,1-6H3,(H,24,25)/b15-10+. The van der Waals surface area contributed by atoms with Crippen LogP contribution in [-0.4, -0.2) is 13.0 Å². The molecule has 27 heavy (non-hydrogen) atoms. The predicted molar refractivity (Wildman–Crippen MR) is 110 cm³/mol. The molecule has 3 aromatic rings. The van der Waals surface area contributed by atoms with Crippen LogP contribution in [0.4, 0.5) is 5.69 Å². The Morgan fingerprint density at radius 1 is 1.11 bits per heavy atom.